The standard InChI is InChI=1S/C32H27N3O3/c1-34-29(26-18-10-4-11-19-26)28(22-24-14-6-2-7-15-24)35(32(37)38-23-25-16-8-3-9-17-25)31(34)33-30(36)27-20-12-5-13-21-27/h2-22,29H,23H2,1H3/b28-22+,33-31?. The van der Waals surface area contributed by atoms with E-state index in [2.05, 4.69) is 4.99 Å². The summed E-state index contributed by atoms with van der Waals surface area (Å²) >= 11 is 0. The molecule has 1 unspecified atom stereocenters. The van der Waals surface area contributed by atoms with Crippen LogP contribution in [0.4, 0.5) is 4.79 Å². The zero-order valence-corrected chi connectivity index (χ0v) is 21.0. The average molecular weight is 502 g/mol. The summed E-state index contributed by atoms with van der Waals surface area (Å²) in [6.07, 6.45) is 1.33. The summed E-state index contributed by atoms with van der Waals surface area (Å²) in [6, 6.07) is 37.5. The lowest BCUT2D eigenvalue weighted by Gasteiger charge is -2.20. The Morgan fingerprint density at radius 3 is 1.97 bits per heavy atom. The van der Waals surface area contributed by atoms with Crippen molar-refractivity contribution in [2.45, 2.75) is 12.6 Å². The van der Waals surface area contributed by atoms with Crippen LogP contribution >= 0.6 is 0 Å². The highest BCUT2D eigenvalue weighted by Crippen LogP contribution is 2.39. The quantitative estimate of drug-likeness (QED) is 0.311. The Hall–Kier alpha value is -4.97. The summed E-state index contributed by atoms with van der Waals surface area (Å²) in [5, 5.41) is 0. The number of amides is 2. The van der Waals surface area contributed by atoms with Gasteiger partial charge in [0.15, 0.2) is 0 Å². The van der Waals surface area contributed by atoms with Crippen molar-refractivity contribution in [3.8, 4) is 0 Å². The number of likely N-dealkylation sites (N-methyl/N-ethyl adjacent to an activating group) is 1. The van der Waals surface area contributed by atoms with Crippen molar-refractivity contribution in [2.75, 3.05) is 7.05 Å². The van der Waals surface area contributed by atoms with E-state index in [1.165, 1.54) is 4.90 Å². The van der Waals surface area contributed by atoms with Gasteiger partial charge in [-0.15, -0.1) is 0 Å². The molecule has 1 saturated heterocycles. The van der Waals surface area contributed by atoms with Gasteiger partial charge in [-0.2, -0.15) is 4.99 Å². The molecule has 2 amide bonds. The molecule has 6 heteroatoms. The molecule has 0 N–H and O–H groups in total. The first-order valence-corrected chi connectivity index (χ1v) is 12.3. The van der Waals surface area contributed by atoms with Crippen LogP contribution in [0.25, 0.3) is 6.08 Å². The van der Waals surface area contributed by atoms with Gasteiger partial charge in [0, 0.05) is 12.6 Å². The molecule has 6 nitrogen and oxygen atoms in total. The molecule has 38 heavy (non-hydrogen) atoms. The monoisotopic (exact) mass is 501 g/mol. The van der Waals surface area contributed by atoms with Crippen LogP contribution in [-0.4, -0.2) is 34.8 Å². The molecule has 4 aromatic carbocycles. The van der Waals surface area contributed by atoms with Gasteiger partial charge in [-0.3, -0.25) is 4.79 Å². The molecule has 1 fully saturated rings. The van der Waals surface area contributed by atoms with E-state index in [0.717, 1.165) is 16.7 Å². The Kier molecular flexibility index (Phi) is 7.41. The predicted octanol–water partition coefficient (Wildman–Crippen LogP) is 6.55. The minimum atomic E-state index is -0.610. The van der Waals surface area contributed by atoms with Crippen LogP contribution in [0.5, 0.6) is 0 Å². The number of benzene rings is 4. The van der Waals surface area contributed by atoms with Crippen LogP contribution in [0, 0.1) is 0 Å². The van der Waals surface area contributed by atoms with E-state index in [-0.39, 0.29) is 18.6 Å². The Morgan fingerprint density at radius 1 is 0.789 bits per heavy atom. The minimum Gasteiger partial charge on any atom is -0.444 e. The smallest absolute Gasteiger partial charge is 0.421 e. The third-order valence-electron chi connectivity index (χ3n) is 6.28. The number of carbonyl (C=O) groups is 2. The second-order valence-electron chi connectivity index (χ2n) is 8.86. The maximum absolute atomic E-state index is 13.7. The van der Waals surface area contributed by atoms with Gasteiger partial charge in [-0.1, -0.05) is 109 Å². The molecule has 1 atom stereocenters. The topological polar surface area (TPSA) is 62.2 Å². The largest absolute Gasteiger partial charge is 0.444 e. The maximum atomic E-state index is 13.7. The summed E-state index contributed by atoms with van der Waals surface area (Å²) in [5.74, 6) is -0.242. The number of ether oxygens (including phenoxy) is 1. The van der Waals surface area contributed by atoms with Crippen LogP contribution in [0.1, 0.15) is 33.1 Å². The van der Waals surface area contributed by atoms with Crippen LogP contribution < -0.4 is 0 Å². The van der Waals surface area contributed by atoms with E-state index in [1.54, 1.807) is 24.3 Å². The molecule has 4 aromatic rings. The SMILES string of the molecule is CN1C(=NC(=O)c2ccccc2)N(C(=O)OCc2ccccc2)/C(=C/c2ccccc2)C1c1ccccc1. The zero-order chi connectivity index (χ0) is 26.3. The summed E-state index contributed by atoms with van der Waals surface area (Å²) < 4.78 is 5.76. The highest BCUT2D eigenvalue weighted by atomic mass is 16.6. The van der Waals surface area contributed by atoms with E-state index < -0.39 is 12.0 Å². The second kappa shape index (κ2) is 11.4. The third kappa shape index (κ3) is 5.39. The Labute approximate surface area is 222 Å². The molecule has 188 valence electrons. The molecule has 1 aliphatic heterocycles. The third-order valence-corrected chi connectivity index (χ3v) is 6.28. The maximum Gasteiger partial charge on any atom is 0.421 e. The molecule has 1 heterocycles. The molecular formula is C32H27N3O3. The van der Waals surface area contributed by atoms with Gasteiger partial charge in [0.25, 0.3) is 5.91 Å². The first-order chi connectivity index (χ1) is 18.6. The number of nitrogens with zero attached hydrogens (tertiary/aromatic N) is 3. The summed E-state index contributed by atoms with van der Waals surface area (Å²) in [4.78, 5) is 34.6. The molecule has 0 aromatic heterocycles. The minimum absolute atomic E-state index is 0.0917. The molecule has 0 radical (unpaired) electrons. The molecule has 0 aliphatic carbocycles. The number of hydrogen-bond acceptors (Lipinski definition) is 3. The fourth-order valence-corrected chi connectivity index (χ4v) is 4.44. The number of hydrogen-bond donors (Lipinski definition) is 0. The normalized spacial score (nSPS) is 17.1. The second-order valence-corrected chi connectivity index (χ2v) is 8.86. The number of aliphatic imine (C=N–C) groups is 1. The van der Waals surface area contributed by atoms with Crippen molar-refractivity contribution in [3.05, 3.63) is 149 Å². The highest BCUT2D eigenvalue weighted by Gasteiger charge is 2.43. The van der Waals surface area contributed by atoms with Crippen LogP contribution in [0.15, 0.2) is 132 Å². The first-order valence-electron chi connectivity index (χ1n) is 12.3. The number of guanidine groups is 1. The van der Waals surface area contributed by atoms with E-state index in [0.29, 0.717) is 11.3 Å². The van der Waals surface area contributed by atoms with Gasteiger partial charge in [0.2, 0.25) is 5.96 Å². The summed E-state index contributed by atoms with van der Waals surface area (Å²) in [6.45, 7) is 0.0917. The van der Waals surface area contributed by atoms with Crippen LogP contribution in [0.2, 0.25) is 0 Å². The summed E-state index contributed by atoms with van der Waals surface area (Å²) in [7, 11) is 1.83. The highest BCUT2D eigenvalue weighted by molar-refractivity contribution is 6.08. The van der Waals surface area contributed by atoms with Crippen molar-refractivity contribution >= 4 is 24.0 Å². The van der Waals surface area contributed by atoms with E-state index >= 15 is 0 Å². The average Bonchev–Trinajstić information content (AvgIpc) is 3.24. The lowest BCUT2D eigenvalue weighted by Crippen LogP contribution is -2.37. The predicted molar refractivity (Wildman–Crippen MR) is 148 cm³/mol. The van der Waals surface area contributed by atoms with Gasteiger partial charge in [-0.25, -0.2) is 9.69 Å². The lowest BCUT2D eigenvalue weighted by atomic mass is 10.0. The Bertz CT molecular complexity index is 1450. The number of carbonyl (C=O) groups excluding carboxylic acids is 2. The molecule has 1 aliphatic rings. The van der Waals surface area contributed by atoms with Crippen molar-refractivity contribution < 1.29 is 14.3 Å². The molecule has 0 saturated carbocycles. The summed E-state index contributed by atoms with van der Waals surface area (Å²) in [5.41, 5.74) is 3.80. The van der Waals surface area contributed by atoms with E-state index in [9.17, 15) is 9.59 Å². The molecule has 0 spiro atoms. The fourth-order valence-electron chi connectivity index (χ4n) is 4.44. The zero-order valence-electron chi connectivity index (χ0n) is 21.0. The van der Waals surface area contributed by atoms with E-state index in [4.69, 9.17) is 4.74 Å². The lowest BCUT2D eigenvalue weighted by molar-refractivity contribution is 0.0999. The Balaban J connectivity index is 1.61. The van der Waals surface area contributed by atoms with Crippen molar-refractivity contribution in [1.29, 1.82) is 0 Å². The van der Waals surface area contributed by atoms with Gasteiger partial charge in [0.05, 0.1) is 11.7 Å². The first kappa shape index (κ1) is 24.7. The molecular weight excluding hydrogens is 474 g/mol. The van der Waals surface area contributed by atoms with Gasteiger partial charge < -0.3 is 9.64 Å². The van der Waals surface area contributed by atoms with Crippen molar-refractivity contribution in [2.24, 2.45) is 4.99 Å². The Morgan fingerprint density at radius 2 is 1.34 bits per heavy atom. The van der Waals surface area contributed by atoms with Crippen LogP contribution in [-0.2, 0) is 11.3 Å². The van der Waals surface area contributed by atoms with Gasteiger partial charge in [-0.05, 0) is 34.9 Å². The molecule has 5 rings (SSSR count). The van der Waals surface area contributed by atoms with Crippen molar-refractivity contribution in [3.63, 3.8) is 0 Å². The fraction of sp³-hybridized carbons (Fsp3) is 0.0938. The van der Waals surface area contributed by atoms with Crippen molar-refractivity contribution in [1.82, 2.24) is 9.80 Å². The van der Waals surface area contributed by atoms with Gasteiger partial charge >= 0.3 is 6.09 Å². The van der Waals surface area contributed by atoms with E-state index in [1.807, 2.05) is 115 Å². The van der Waals surface area contributed by atoms with Crippen LogP contribution in [0.3, 0.4) is 0 Å². The molecule has 0 bridgehead atoms. The van der Waals surface area contributed by atoms with Gasteiger partial charge in [0.1, 0.15) is 6.61 Å². The number of rotatable bonds is 5.